The number of nitrogens with zero attached hydrogens (tertiary/aromatic N) is 3. The van der Waals surface area contributed by atoms with Crippen molar-refractivity contribution in [2.45, 2.75) is 44.7 Å². The van der Waals surface area contributed by atoms with Crippen LogP contribution in [0.5, 0.6) is 0 Å². The molecule has 1 amide bonds. The number of carbonyl (C=O) groups is 1. The van der Waals surface area contributed by atoms with Gasteiger partial charge in [-0.2, -0.15) is 0 Å². The Kier molecular flexibility index (Phi) is 4.01. The van der Waals surface area contributed by atoms with E-state index in [9.17, 15) is 4.79 Å². The van der Waals surface area contributed by atoms with Crippen LogP contribution in [-0.2, 0) is 4.79 Å². The van der Waals surface area contributed by atoms with E-state index in [2.05, 4.69) is 48.6 Å². The van der Waals surface area contributed by atoms with Gasteiger partial charge in [-0.05, 0) is 48.3 Å². The van der Waals surface area contributed by atoms with E-state index in [4.69, 9.17) is 5.73 Å². The molecule has 0 aromatic carbocycles. The lowest BCUT2D eigenvalue weighted by atomic mass is 9.91. The molecule has 0 bridgehead atoms. The summed E-state index contributed by atoms with van der Waals surface area (Å²) < 4.78 is 3.31. The molecule has 2 heterocycles. The highest BCUT2D eigenvalue weighted by molar-refractivity contribution is 14.1. The van der Waals surface area contributed by atoms with Crippen LogP contribution in [0.15, 0.2) is 12.5 Å². The van der Waals surface area contributed by atoms with Gasteiger partial charge in [0.05, 0.1) is 5.39 Å². The molecule has 1 fully saturated rings. The molecule has 0 spiro atoms. The van der Waals surface area contributed by atoms with Crippen LogP contribution in [-0.4, -0.2) is 26.5 Å². The van der Waals surface area contributed by atoms with Crippen LogP contribution in [0.25, 0.3) is 11.0 Å². The maximum atomic E-state index is 11.1. The van der Waals surface area contributed by atoms with Crippen molar-refractivity contribution in [3.05, 3.63) is 16.1 Å². The molecule has 1 aliphatic carbocycles. The second-order valence-electron chi connectivity index (χ2n) is 5.55. The Morgan fingerprint density at radius 2 is 2.10 bits per heavy atom. The summed E-state index contributed by atoms with van der Waals surface area (Å²) in [4.78, 5) is 19.6. The average Bonchev–Trinajstić information content (AvgIpc) is 2.78. The molecule has 0 unspecified atom stereocenters. The van der Waals surface area contributed by atoms with Crippen LogP contribution in [0.4, 0.5) is 5.82 Å². The van der Waals surface area contributed by atoms with Gasteiger partial charge in [-0.25, -0.2) is 9.97 Å². The molecule has 112 valence electrons. The molecule has 2 aromatic heterocycles. The summed E-state index contributed by atoms with van der Waals surface area (Å²) in [5.74, 6) is 0.593. The fourth-order valence-corrected chi connectivity index (χ4v) is 3.94. The Labute approximate surface area is 136 Å². The van der Waals surface area contributed by atoms with E-state index >= 15 is 0 Å². The number of amides is 1. The number of fused-ring (bicyclic) bond motifs is 1. The van der Waals surface area contributed by atoms with Gasteiger partial charge >= 0.3 is 0 Å². The largest absolute Gasteiger partial charge is 0.383 e. The highest BCUT2D eigenvalue weighted by Crippen LogP contribution is 2.34. The van der Waals surface area contributed by atoms with Crippen molar-refractivity contribution in [3.63, 3.8) is 0 Å². The van der Waals surface area contributed by atoms with Crippen LogP contribution < -0.4 is 11.1 Å². The number of hydrogen-bond acceptors (Lipinski definition) is 4. The average molecular weight is 399 g/mol. The Morgan fingerprint density at radius 1 is 1.38 bits per heavy atom. The lowest BCUT2D eigenvalue weighted by molar-refractivity contribution is -0.119. The highest BCUT2D eigenvalue weighted by Gasteiger charge is 2.25. The summed E-state index contributed by atoms with van der Waals surface area (Å²) in [5.41, 5.74) is 6.87. The molecule has 1 saturated carbocycles. The van der Waals surface area contributed by atoms with Gasteiger partial charge < -0.3 is 15.6 Å². The first kappa shape index (κ1) is 14.6. The number of aromatic nitrogens is 3. The molecule has 0 saturated heterocycles. The summed E-state index contributed by atoms with van der Waals surface area (Å²) in [6, 6.07) is 0.717. The van der Waals surface area contributed by atoms with E-state index in [1.807, 2.05) is 0 Å². The van der Waals surface area contributed by atoms with Crippen LogP contribution in [0.3, 0.4) is 0 Å². The molecule has 6 nitrogen and oxygen atoms in total. The minimum atomic E-state index is 0.0555. The number of anilines is 1. The molecular formula is C14H18IN5O. The summed E-state index contributed by atoms with van der Waals surface area (Å²) in [6.45, 7) is 1.58. The second-order valence-corrected chi connectivity index (χ2v) is 6.71. The summed E-state index contributed by atoms with van der Waals surface area (Å²) in [6.07, 6.45) is 7.71. The van der Waals surface area contributed by atoms with E-state index < -0.39 is 0 Å². The molecule has 0 atom stereocenters. The number of nitrogens with two attached hydrogens (primary N) is 1. The quantitative estimate of drug-likeness (QED) is 0.759. The predicted molar refractivity (Wildman–Crippen MR) is 89.8 cm³/mol. The van der Waals surface area contributed by atoms with E-state index in [0.717, 1.165) is 40.3 Å². The predicted octanol–water partition coefficient (Wildman–Crippen LogP) is 2.24. The van der Waals surface area contributed by atoms with E-state index in [0.29, 0.717) is 17.9 Å². The Morgan fingerprint density at radius 3 is 2.76 bits per heavy atom. The second kappa shape index (κ2) is 5.78. The number of hydrogen-bond donors (Lipinski definition) is 2. The van der Waals surface area contributed by atoms with E-state index in [1.165, 1.54) is 6.33 Å². The molecular weight excluding hydrogens is 381 g/mol. The number of halogens is 1. The van der Waals surface area contributed by atoms with Crippen LogP contribution in [0, 0.1) is 3.57 Å². The first-order valence-corrected chi connectivity index (χ1v) is 8.17. The Bertz CT molecular complexity index is 675. The summed E-state index contributed by atoms with van der Waals surface area (Å²) >= 11 is 2.28. The van der Waals surface area contributed by atoms with Crippen molar-refractivity contribution < 1.29 is 4.79 Å². The van der Waals surface area contributed by atoms with Crippen molar-refractivity contribution in [1.82, 2.24) is 19.9 Å². The van der Waals surface area contributed by atoms with Gasteiger partial charge in [0.25, 0.3) is 0 Å². The Hall–Kier alpha value is -1.38. The van der Waals surface area contributed by atoms with Gasteiger partial charge in [-0.3, -0.25) is 4.79 Å². The van der Waals surface area contributed by atoms with Gasteiger partial charge in [0.15, 0.2) is 0 Å². The zero-order valence-electron chi connectivity index (χ0n) is 11.8. The van der Waals surface area contributed by atoms with Crippen molar-refractivity contribution >= 4 is 45.3 Å². The molecule has 3 N–H and O–H groups in total. The zero-order valence-corrected chi connectivity index (χ0v) is 14.0. The number of carbonyl (C=O) groups excluding carboxylic acids is 1. The van der Waals surface area contributed by atoms with Gasteiger partial charge in [0, 0.05) is 28.8 Å². The first-order chi connectivity index (χ1) is 10.1. The van der Waals surface area contributed by atoms with Crippen molar-refractivity contribution in [2.75, 3.05) is 5.73 Å². The van der Waals surface area contributed by atoms with E-state index in [1.54, 1.807) is 6.92 Å². The van der Waals surface area contributed by atoms with Crippen molar-refractivity contribution in [1.29, 1.82) is 0 Å². The third-order valence-corrected chi connectivity index (χ3v) is 4.91. The number of rotatable bonds is 2. The maximum absolute atomic E-state index is 11.1. The SMILES string of the molecule is CC(=O)N[C@H]1CC[C@@H](n2cc(I)c3c(N)ncnc32)CC1. The van der Waals surface area contributed by atoms with Crippen molar-refractivity contribution in [2.24, 2.45) is 0 Å². The third-order valence-electron chi connectivity index (χ3n) is 4.09. The summed E-state index contributed by atoms with van der Waals surface area (Å²) in [5, 5.41) is 3.96. The smallest absolute Gasteiger partial charge is 0.217 e. The number of nitrogen functional groups attached to an aromatic ring is 1. The monoisotopic (exact) mass is 399 g/mol. The minimum absolute atomic E-state index is 0.0555. The molecule has 21 heavy (non-hydrogen) atoms. The van der Waals surface area contributed by atoms with Crippen molar-refractivity contribution in [3.8, 4) is 0 Å². The van der Waals surface area contributed by atoms with Gasteiger partial charge in [-0.1, -0.05) is 0 Å². The van der Waals surface area contributed by atoms with Gasteiger partial charge in [0.1, 0.15) is 17.8 Å². The van der Waals surface area contributed by atoms with Crippen LogP contribution >= 0.6 is 22.6 Å². The minimum Gasteiger partial charge on any atom is -0.383 e. The summed E-state index contributed by atoms with van der Waals surface area (Å²) in [7, 11) is 0. The number of nitrogens with one attached hydrogen (secondary N) is 1. The normalized spacial score (nSPS) is 22.4. The molecule has 7 heteroatoms. The fraction of sp³-hybridized carbons (Fsp3) is 0.500. The molecule has 0 radical (unpaired) electrons. The topological polar surface area (TPSA) is 85.8 Å². The standard InChI is InChI=1S/C14H18IN5O/c1-8(21)19-9-2-4-10(5-3-9)20-6-11(15)12-13(16)17-7-18-14(12)20/h6-7,9-10H,2-5H2,1H3,(H,19,21)(H2,16,17,18)/t9-,10+. The lowest BCUT2D eigenvalue weighted by Gasteiger charge is -2.30. The molecule has 3 rings (SSSR count). The maximum Gasteiger partial charge on any atom is 0.217 e. The highest BCUT2D eigenvalue weighted by atomic mass is 127. The zero-order chi connectivity index (χ0) is 15.0. The van der Waals surface area contributed by atoms with Gasteiger partial charge in [-0.15, -0.1) is 0 Å². The molecule has 1 aliphatic rings. The fourth-order valence-electron chi connectivity index (χ4n) is 3.13. The lowest BCUT2D eigenvalue weighted by Crippen LogP contribution is -2.36. The first-order valence-electron chi connectivity index (χ1n) is 7.10. The molecule has 2 aromatic rings. The third kappa shape index (κ3) is 2.83. The molecule has 0 aliphatic heterocycles. The van der Waals surface area contributed by atoms with Gasteiger partial charge in [0.2, 0.25) is 5.91 Å². The van der Waals surface area contributed by atoms with E-state index in [-0.39, 0.29) is 5.91 Å². The van der Waals surface area contributed by atoms with Crippen LogP contribution in [0.2, 0.25) is 0 Å². The Balaban J connectivity index is 1.83. The van der Waals surface area contributed by atoms with Crippen LogP contribution in [0.1, 0.15) is 38.6 Å².